The van der Waals surface area contributed by atoms with E-state index in [2.05, 4.69) is 15.1 Å². The minimum Gasteiger partial charge on any atom is -0.376 e. The summed E-state index contributed by atoms with van der Waals surface area (Å²) in [6, 6.07) is 8.14. The molecule has 4 heterocycles. The number of aromatic nitrogens is 3. The first-order chi connectivity index (χ1) is 14.5. The highest BCUT2D eigenvalue weighted by Crippen LogP contribution is 2.27. The molecule has 0 bridgehead atoms. The molecule has 3 aromatic rings. The lowest BCUT2D eigenvalue weighted by atomic mass is 10.1. The second kappa shape index (κ2) is 7.46. The van der Waals surface area contributed by atoms with Gasteiger partial charge in [-0.1, -0.05) is 11.2 Å². The van der Waals surface area contributed by atoms with Crippen LogP contribution in [-0.2, 0) is 27.8 Å². The van der Waals surface area contributed by atoms with Crippen molar-refractivity contribution < 1.29 is 17.7 Å². The molecule has 5 rings (SSSR count). The fourth-order valence-corrected chi connectivity index (χ4v) is 5.37. The van der Waals surface area contributed by atoms with Crippen molar-refractivity contribution in [1.29, 1.82) is 0 Å². The number of sulfonamides is 1. The van der Waals surface area contributed by atoms with Gasteiger partial charge in [0.1, 0.15) is 0 Å². The number of rotatable bonds is 4. The maximum atomic E-state index is 12.8. The molecule has 0 atom stereocenters. The number of ether oxygens (including phenoxy) is 1. The molecule has 0 aliphatic carbocycles. The average molecular weight is 428 g/mol. The third-order valence-electron chi connectivity index (χ3n) is 5.42. The van der Waals surface area contributed by atoms with Crippen LogP contribution < -0.4 is 5.56 Å². The van der Waals surface area contributed by atoms with Crippen molar-refractivity contribution in [1.82, 2.24) is 19.4 Å². The molecular formula is C20H20N4O5S. The van der Waals surface area contributed by atoms with Crippen LogP contribution in [0.4, 0.5) is 0 Å². The van der Waals surface area contributed by atoms with Crippen molar-refractivity contribution in [3.63, 3.8) is 0 Å². The van der Waals surface area contributed by atoms with Gasteiger partial charge in [0.2, 0.25) is 15.8 Å². The molecule has 10 heteroatoms. The lowest BCUT2D eigenvalue weighted by Crippen LogP contribution is -2.27. The van der Waals surface area contributed by atoms with Crippen LogP contribution in [0.25, 0.3) is 22.8 Å². The summed E-state index contributed by atoms with van der Waals surface area (Å²) in [4.78, 5) is 19.8. The van der Waals surface area contributed by atoms with Gasteiger partial charge in [-0.25, -0.2) is 8.42 Å². The van der Waals surface area contributed by atoms with Gasteiger partial charge in [0.25, 0.3) is 11.4 Å². The van der Waals surface area contributed by atoms with Crippen molar-refractivity contribution >= 4 is 10.0 Å². The van der Waals surface area contributed by atoms with Gasteiger partial charge >= 0.3 is 0 Å². The van der Waals surface area contributed by atoms with Crippen molar-refractivity contribution in [3.05, 3.63) is 51.9 Å². The Bertz CT molecular complexity index is 1260. The summed E-state index contributed by atoms with van der Waals surface area (Å²) in [5.74, 6) is 0.296. The van der Waals surface area contributed by atoms with E-state index in [1.807, 2.05) is 0 Å². The van der Waals surface area contributed by atoms with E-state index in [0.717, 1.165) is 24.1 Å². The Morgan fingerprint density at radius 3 is 2.80 bits per heavy atom. The molecule has 9 nitrogen and oxygen atoms in total. The first-order valence-electron chi connectivity index (χ1n) is 9.80. The molecule has 1 aromatic carbocycles. The van der Waals surface area contributed by atoms with Crippen molar-refractivity contribution in [3.8, 4) is 22.8 Å². The minimum atomic E-state index is -3.56. The van der Waals surface area contributed by atoms with Crippen LogP contribution in [0, 0.1) is 0 Å². The number of pyridine rings is 1. The summed E-state index contributed by atoms with van der Waals surface area (Å²) in [6.07, 6.45) is 2.39. The summed E-state index contributed by atoms with van der Waals surface area (Å²) < 4.78 is 37.9. The largest absolute Gasteiger partial charge is 0.376 e. The number of nitrogens with zero attached hydrogens (tertiary/aromatic N) is 3. The molecule has 1 fully saturated rings. The molecule has 1 saturated heterocycles. The maximum absolute atomic E-state index is 12.8. The number of fused-ring (bicyclic) bond motifs is 1. The van der Waals surface area contributed by atoms with E-state index >= 15 is 0 Å². The van der Waals surface area contributed by atoms with Crippen LogP contribution in [0.3, 0.4) is 0 Å². The summed E-state index contributed by atoms with van der Waals surface area (Å²) in [7, 11) is -3.56. The smallest absolute Gasteiger partial charge is 0.259 e. The highest BCUT2D eigenvalue weighted by molar-refractivity contribution is 7.89. The minimum absolute atomic E-state index is 0.146. The van der Waals surface area contributed by atoms with E-state index in [4.69, 9.17) is 9.26 Å². The van der Waals surface area contributed by atoms with Crippen LogP contribution in [0.5, 0.6) is 0 Å². The van der Waals surface area contributed by atoms with Gasteiger partial charge in [-0.05, 0) is 42.7 Å². The van der Waals surface area contributed by atoms with Gasteiger partial charge in [0.15, 0.2) is 0 Å². The van der Waals surface area contributed by atoms with Gasteiger partial charge in [0.05, 0.1) is 23.7 Å². The molecule has 0 saturated carbocycles. The summed E-state index contributed by atoms with van der Waals surface area (Å²) in [5.41, 5.74) is 2.22. The number of hydrogen-bond donors (Lipinski definition) is 1. The maximum Gasteiger partial charge on any atom is 0.259 e. The van der Waals surface area contributed by atoms with E-state index in [1.54, 1.807) is 24.3 Å². The van der Waals surface area contributed by atoms with E-state index < -0.39 is 10.0 Å². The molecule has 2 aliphatic rings. The first-order valence-corrected chi connectivity index (χ1v) is 11.2. The van der Waals surface area contributed by atoms with Crippen LogP contribution in [0.15, 0.2) is 44.5 Å². The fourth-order valence-electron chi connectivity index (χ4n) is 3.80. The Morgan fingerprint density at radius 2 is 1.97 bits per heavy atom. The molecule has 0 spiro atoms. The van der Waals surface area contributed by atoms with Crippen LogP contribution in [0.2, 0.25) is 0 Å². The number of nitrogens with one attached hydrogen (secondary N) is 1. The lowest BCUT2D eigenvalue weighted by molar-refractivity contribution is 0.109. The Morgan fingerprint density at radius 1 is 1.13 bits per heavy atom. The Kier molecular flexibility index (Phi) is 4.76. The molecule has 2 aliphatic heterocycles. The number of benzene rings is 1. The van der Waals surface area contributed by atoms with Crippen LogP contribution >= 0.6 is 0 Å². The fraction of sp³-hybridized carbons (Fsp3) is 0.350. The van der Waals surface area contributed by atoms with Crippen molar-refractivity contribution in [2.24, 2.45) is 0 Å². The zero-order chi connectivity index (χ0) is 20.7. The normalized spacial score (nSPS) is 17.2. The van der Waals surface area contributed by atoms with E-state index in [-0.39, 0.29) is 27.7 Å². The Labute approximate surface area is 172 Å². The zero-order valence-electron chi connectivity index (χ0n) is 16.1. The van der Waals surface area contributed by atoms with Gasteiger partial charge < -0.3 is 14.2 Å². The van der Waals surface area contributed by atoms with Gasteiger partial charge in [-0.3, -0.25) is 4.79 Å². The standard InChI is InChI=1S/C20H20N4O5S/c25-19-16(11-14-12-28-9-6-17(14)21-19)18-22-20(29-23-18)13-4-3-5-15(10-13)30(26,27)24-7-1-2-8-24/h3-5,10-11H,1-2,6-9,12H2,(H,21,25). The first kappa shape index (κ1) is 19.2. The predicted octanol–water partition coefficient (Wildman–Crippen LogP) is 1.95. The average Bonchev–Trinajstić information content (AvgIpc) is 3.46. The highest BCUT2D eigenvalue weighted by Gasteiger charge is 2.28. The van der Waals surface area contributed by atoms with Gasteiger partial charge in [-0.15, -0.1) is 0 Å². The molecule has 156 valence electrons. The molecule has 30 heavy (non-hydrogen) atoms. The lowest BCUT2D eigenvalue weighted by Gasteiger charge is -2.16. The summed E-state index contributed by atoms with van der Waals surface area (Å²) >= 11 is 0. The SMILES string of the molecule is O=c1[nH]c2c(cc1-c1noc(-c3cccc(S(=O)(=O)N4CCCC4)c3)n1)COCC2. The third kappa shape index (κ3) is 3.36. The van der Waals surface area contributed by atoms with E-state index in [1.165, 1.54) is 10.4 Å². The molecule has 0 unspecified atom stereocenters. The van der Waals surface area contributed by atoms with Crippen LogP contribution in [0.1, 0.15) is 24.1 Å². The number of hydrogen-bond acceptors (Lipinski definition) is 7. The molecular weight excluding hydrogens is 408 g/mol. The topological polar surface area (TPSA) is 118 Å². The molecule has 1 N–H and O–H groups in total. The van der Waals surface area contributed by atoms with Crippen molar-refractivity contribution in [2.45, 2.75) is 30.8 Å². The third-order valence-corrected chi connectivity index (χ3v) is 7.31. The summed E-state index contributed by atoms with van der Waals surface area (Å²) in [6.45, 7) is 2.05. The monoisotopic (exact) mass is 428 g/mol. The molecule has 2 aromatic heterocycles. The zero-order valence-corrected chi connectivity index (χ0v) is 16.9. The van der Waals surface area contributed by atoms with Gasteiger partial charge in [0, 0.05) is 30.8 Å². The van der Waals surface area contributed by atoms with Crippen molar-refractivity contribution in [2.75, 3.05) is 19.7 Å². The molecule has 0 amide bonds. The highest BCUT2D eigenvalue weighted by atomic mass is 32.2. The predicted molar refractivity (Wildman–Crippen MR) is 107 cm³/mol. The van der Waals surface area contributed by atoms with E-state index in [9.17, 15) is 13.2 Å². The Hall–Kier alpha value is -2.82. The Balaban J connectivity index is 1.49. The quantitative estimate of drug-likeness (QED) is 0.675. The molecule has 0 radical (unpaired) electrons. The number of aromatic amines is 1. The number of H-pyrrole nitrogens is 1. The van der Waals surface area contributed by atoms with Crippen LogP contribution in [-0.4, -0.2) is 47.5 Å². The second-order valence-electron chi connectivity index (χ2n) is 7.38. The second-order valence-corrected chi connectivity index (χ2v) is 9.32. The van der Waals surface area contributed by atoms with Gasteiger partial charge in [-0.2, -0.15) is 9.29 Å². The summed E-state index contributed by atoms with van der Waals surface area (Å²) in [5, 5.41) is 3.94. The van der Waals surface area contributed by atoms with E-state index in [0.29, 0.717) is 38.3 Å².